The first kappa shape index (κ1) is 22.1. The smallest absolute Gasteiger partial charge is 0.356 e. The zero-order valence-corrected chi connectivity index (χ0v) is 17.1. The average molecular weight is 429 g/mol. The van der Waals surface area contributed by atoms with Gasteiger partial charge in [-0.3, -0.25) is 9.59 Å². The van der Waals surface area contributed by atoms with Crippen molar-refractivity contribution in [2.45, 2.75) is 32.6 Å². The number of pyridine rings is 1. The van der Waals surface area contributed by atoms with E-state index >= 15 is 0 Å². The summed E-state index contributed by atoms with van der Waals surface area (Å²) in [6.07, 6.45) is -3.59. The molecule has 2 aromatic carbocycles. The molecular weight excluding hydrogens is 407 g/mol. The molecule has 162 valence electrons. The highest BCUT2D eigenvalue weighted by Gasteiger charge is 2.34. The van der Waals surface area contributed by atoms with Crippen LogP contribution in [0.1, 0.15) is 19.4 Å². The van der Waals surface area contributed by atoms with E-state index in [1.165, 1.54) is 11.1 Å². The Morgan fingerprint density at radius 2 is 1.58 bits per heavy atom. The topological polar surface area (TPSA) is 54.3 Å². The van der Waals surface area contributed by atoms with E-state index in [-0.39, 0.29) is 6.04 Å². The number of anilines is 3. The van der Waals surface area contributed by atoms with Gasteiger partial charge in [0, 0.05) is 29.3 Å². The van der Waals surface area contributed by atoms with Crippen molar-refractivity contribution in [2.75, 3.05) is 10.2 Å². The van der Waals surface area contributed by atoms with E-state index in [2.05, 4.69) is 5.32 Å². The lowest BCUT2D eigenvalue weighted by atomic mass is 10.2. The molecular formula is C23H22F3N3O2. The Bertz CT molecular complexity index is 1090. The molecule has 1 aromatic heterocycles. The molecule has 1 heterocycles. The third-order valence-electron chi connectivity index (χ3n) is 4.62. The number of alkyl halides is 3. The number of amides is 1. The highest BCUT2D eigenvalue weighted by Crippen LogP contribution is 2.26. The molecule has 0 saturated carbocycles. The molecule has 0 aliphatic heterocycles. The number of hydrogen-bond donors (Lipinski definition) is 1. The molecule has 8 heteroatoms. The summed E-state index contributed by atoms with van der Waals surface area (Å²) in [5.41, 5.74) is -0.223. The van der Waals surface area contributed by atoms with E-state index in [0.717, 1.165) is 22.0 Å². The van der Waals surface area contributed by atoms with Crippen molar-refractivity contribution in [1.29, 1.82) is 0 Å². The van der Waals surface area contributed by atoms with Crippen LogP contribution in [0.5, 0.6) is 0 Å². The number of hydrogen-bond acceptors (Lipinski definition) is 3. The number of carbonyl (C=O) groups excluding carboxylic acids is 1. The summed E-state index contributed by atoms with van der Waals surface area (Å²) in [6.45, 7) is 3.09. The van der Waals surface area contributed by atoms with E-state index in [1.54, 1.807) is 38.1 Å². The zero-order chi connectivity index (χ0) is 22.6. The molecule has 31 heavy (non-hydrogen) atoms. The van der Waals surface area contributed by atoms with Gasteiger partial charge in [0.1, 0.15) is 12.1 Å². The highest BCUT2D eigenvalue weighted by atomic mass is 19.4. The van der Waals surface area contributed by atoms with Gasteiger partial charge in [-0.2, -0.15) is 13.2 Å². The minimum absolute atomic E-state index is 0.262. The van der Waals surface area contributed by atoms with Gasteiger partial charge in [-0.15, -0.1) is 0 Å². The van der Waals surface area contributed by atoms with Crippen molar-refractivity contribution in [2.24, 2.45) is 0 Å². The third kappa shape index (κ3) is 5.33. The first-order valence-electron chi connectivity index (χ1n) is 9.67. The number of para-hydroxylation sites is 1. The Balaban J connectivity index is 1.81. The zero-order valence-electron chi connectivity index (χ0n) is 17.1. The van der Waals surface area contributed by atoms with E-state index in [0.29, 0.717) is 11.8 Å². The molecule has 0 atom stereocenters. The van der Waals surface area contributed by atoms with Crippen molar-refractivity contribution < 1.29 is 18.0 Å². The van der Waals surface area contributed by atoms with Gasteiger partial charge in [0.2, 0.25) is 5.91 Å². The van der Waals surface area contributed by atoms with Crippen LogP contribution in [-0.2, 0) is 17.5 Å². The molecule has 0 aliphatic rings. The van der Waals surface area contributed by atoms with Gasteiger partial charge in [-0.1, -0.05) is 18.2 Å². The molecule has 0 aliphatic carbocycles. The van der Waals surface area contributed by atoms with Crippen molar-refractivity contribution in [3.8, 4) is 0 Å². The van der Waals surface area contributed by atoms with Gasteiger partial charge < -0.3 is 14.8 Å². The van der Waals surface area contributed by atoms with Crippen LogP contribution in [0.3, 0.4) is 0 Å². The maximum absolute atomic E-state index is 13.0. The second-order valence-corrected chi connectivity index (χ2v) is 7.25. The van der Waals surface area contributed by atoms with E-state index in [4.69, 9.17) is 0 Å². The maximum atomic E-state index is 13.0. The quantitative estimate of drug-likeness (QED) is 0.597. The third-order valence-corrected chi connectivity index (χ3v) is 4.62. The lowest BCUT2D eigenvalue weighted by molar-refractivity contribution is -0.139. The van der Waals surface area contributed by atoms with Crippen LogP contribution in [0.2, 0.25) is 0 Å². The summed E-state index contributed by atoms with van der Waals surface area (Å²) in [5.74, 6) is -0.486. The fraction of sp³-hybridized carbons (Fsp3) is 0.217. The van der Waals surface area contributed by atoms with Gasteiger partial charge >= 0.3 is 6.18 Å². The number of nitrogens with one attached hydrogen (secondary N) is 1. The minimum Gasteiger partial charge on any atom is -0.356 e. The molecule has 0 unspecified atom stereocenters. The molecule has 0 bridgehead atoms. The van der Waals surface area contributed by atoms with Crippen molar-refractivity contribution >= 4 is 23.0 Å². The maximum Gasteiger partial charge on any atom is 0.421 e. The van der Waals surface area contributed by atoms with Gasteiger partial charge in [-0.05, 0) is 62.4 Å². The molecule has 3 aromatic rings. The lowest BCUT2D eigenvalue weighted by Crippen LogP contribution is -2.41. The fourth-order valence-electron chi connectivity index (χ4n) is 3.22. The fourth-order valence-corrected chi connectivity index (χ4v) is 3.22. The summed E-state index contributed by atoms with van der Waals surface area (Å²) >= 11 is 0. The number of carbonyl (C=O) groups is 1. The SMILES string of the molecule is CC(C)N(C(=O)Cn1cccc(C(F)(F)F)c1=O)c1ccc(Nc2ccccc2)cc1. The second-order valence-electron chi connectivity index (χ2n) is 7.25. The normalized spacial score (nSPS) is 11.4. The Morgan fingerprint density at radius 3 is 2.16 bits per heavy atom. The number of aromatic nitrogens is 1. The lowest BCUT2D eigenvalue weighted by Gasteiger charge is -2.27. The summed E-state index contributed by atoms with van der Waals surface area (Å²) in [5, 5.41) is 3.24. The molecule has 0 radical (unpaired) electrons. The van der Waals surface area contributed by atoms with E-state index in [1.807, 2.05) is 30.3 Å². The first-order chi connectivity index (χ1) is 14.7. The molecule has 0 spiro atoms. The van der Waals surface area contributed by atoms with Crippen LogP contribution in [-0.4, -0.2) is 16.5 Å². The largest absolute Gasteiger partial charge is 0.421 e. The van der Waals surface area contributed by atoms with E-state index < -0.39 is 29.8 Å². The molecule has 0 saturated heterocycles. The summed E-state index contributed by atoms with van der Waals surface area (Å²) in [7, 11) is 0. The van der Waals surface area contributed by atoms with Crippen LogP contribution in [0.15, 0.2) is 77.7 Å². The van der Waals surface area contributed by atoms with Crippen LogP contribution >= 0.6 is 0 Å². The average Bonchev–Trinajstić information content (AvgIpc) is 2.71. The van der Waals surface area contributed by atoms with Crippen LogP contribution in [0.25, 0.3) is 0 Å². The number of rotatable bonds is 6. The van der Waals surface area contributed by atoms with Crippen molar-refractivity contribution in [3.05, 3.63) is 88.8 Å². The van der Waals surface area contributed by atoms with Gasteiger partial charge in [0.25, 0.3) is 5.56 Å². The van der Waals surface area contributed by atoms with Crippen LogP contribution in [0.4, 0.5) is 30.2 Å². The highest BCUT2D eigenvalue weighted by molar-refractivity contribution is 5.94. The molecule has 3 rings (SSSR count). The van der Waals surface area contributed by atoms with E-state index in [9.17, 15) is 22.8 Å². The monoisotopic (exact) mass is 429 g/mol. The van der Waals surface area contributed by atoms with Gasteiger partial charge in [-0.25, -0.2) is 0 Å². The predicted molar refractivity (Wildman–Crippen MR) is 114 cm³/mol. The standard InChI is InChI=1S/C23H22F3N3O2/c1-16(2)29(19-12-10-18(11-13-19)27-17-7-4-3-5-8-17)21(30)15-28-14-6-9-20(22(28)31)23(24,25)26/h3-14,16,27H,15H2,1-2H3. The Morgan fingerprint density at radius 1 is 0.968 bits per heavy atom. The summed E-state index contributed by atoms with van der Waals surface area (Å²) < 4.78 is 39.8. The summed E-state index contributed by atoms with van der Waals surface area (Å²) in [4.78, 5) is 26.5. The van der Waals surface area contributed by atoms with Crippen molar-refractivity contribution in [1.82, 2.24) is 4.57 Å². The Labute approximate surface area is 177 Å². The minimum atomic E-state index is -4.78. The van der Waals surface area contributed by atoms with Crippen LogP contribution < -0.4 is 15.8 Å². The molecule has 1 amide bonds. The predicted octanol–water partition coefficient (Wildman–Crippen LogP) is 5.05. The van der Waals surface area contributed by atoms with Gasteiger partial charge in [0.05, 0.1) is 0 Å². The van der Waals surface area contributed by atoms with Crippen molar-refractivity contribution in [3.63, 3.8) is 0 Å². The molecule has 1 N–H and O–H groups in total. The number of halogens is 3. The number of nitrogens with zero attached hydrogens (tertiary/aromatic N) is 2. The van der Waals surface area contributed by atoms with Crippen LogP contribution in [0, 0.1) is 0 Å². The number of benzene rings is 2. The Kier molecular flexibility index (Phi) is 6.48. The molecule has 0 fully saturated rings. The Hall–Kier alpha value is -3.55. The summed E-state index contributed by atoms with van der Waals surface area (Å²) in [6, 6.07) is 18.2. The van der Waals surface area contributed by atoms with Gasteiger partial charge in [0.15, 0.2) is 0 Å². The second kappa shape index (κ2) is 9.07. The molecule has 5 nitrogen and oxygen atoms in total. The first-order valence-corrected chi connectivity index (χ1v) is 9.67.